The number of halogens is 2. The van der Waals surface area contributed by atoms with E-state index < -0.39 is 11.9 Å². The summed E-state index contributed by atoms with van der Waals surface area (Å²) in [5, 5.41) is 4.41. The van der Waals surface area contributed by atoms with Crippen LogP contribution in [0.25, 0.3) is 0 Å². The Kier molecular flexibility index (Phi) is 5.98. The molecule has 0 aliphatic heterocycles. The van der Waals surface area contributed by atoms with Crippen LogP contribution in [-0.2, 0) is 11.2 Å². The number of anilines is 1. The Hall–Kier alpha value is -1.63. The predicted molar refractivity (Wildman–Crippen MR) is 91.9 cm³/mol. The van der Waals surface area contributed by atoms with Gasteiger partial charge in [0.1, 0.15) is 5.00 Å². The smallest absolute Gasteiger partial charge is 0.360 e. The Morgan fingerprint density at radius 1 is 1.30 bits per heavy atom. The molecule has 2 rings (SSSR count). The van der Waals surface area contributed by atoms with Crippen molar-refractivity contribution >= 4 is 51.4 Å². The highest BCUT2D eigenvalue weighted by molar-refractivity contribution is 7.16. The zero-order valence-corrected chi connectivity index (χ0v) is 14.8. The zero-order chi connectivity index (χ0) is 17.0. The van der Waals surface area contributed by atoms with Gasteiger partial charge in [0.25, 0.3) is 5.91 Å². The van der Waals surface area contributed by atoms with Crippen LogP contribution in [0, 0.1) is 0 Å². The molecule has 0 aliphatic carbocycles. The van der Waals surface area contributed by atoms with Crippen molar-refractivity contribution in [3.8, 4) is 0 Å². The molecule has 0 saturated carbocycles. The number of ether oxygens (including phenoxy) is 1. The number of rotatable bonds is 5. The number of hydrogen-bond acceptors (Lipinski definition) is 5. The molecule has 1 heterocycles. The molecule has 0 radical (unpaired) electrons. The number of nitrogens with one attached hydrogen (secondary N) is 1. The molecule has 2 aromatic rings. The van der Waals surface area contributed by atoms with Gasteiger partial charge in [-0.15, -0.1) is 11.3 Å². The van der Waals surface area contributed by atoms with Crippen LogP contribution >= 0.6 is 34.5 Å². The van der Waals surface area contributed by atoms with Crippen LogP contribution in [0.5, 0.6) is 0 Å². The average molecular weight is 373 g/mol. The standard InChI is InChI=1S/C15H14Cl2N2O3S/c1-3-11-18-12(15(21)22-4-2)14(23-11)19-13(20)9-6-5-8(16)7-10(9)17/h5-7H,3-4H2,1-2H3,(H,19,20). The summed E-state index contributed by atoms with van der Waals surface area (Å²) < 4.78 is 4.96. The van der Waals surface area contributed by atoms with E-state index in [1.54, 1.807) is 13.0 Å². The van der Waals surface area contributed by atoms with Crippen LogP contribution in [0.2, 0.25) is 10.0 Å². The van der Waals surface area contributed by atoms with Gasteiger partial charge < -0.3 is 10.1 Å². The second-order valence-corrected chi connectivity index (χ2v) is 6.36. The van der Waals surface area contributed by atoms with E-state index in [9.17, 15) is 9.59 Å². The van der Waals surface area contributed by atoms with Crippen molar-refractivity contribution in [2.45, 2.75) is 20.3 Å². The average Bonchev–Trinajstić information content (AvgIpc) is 2.90. The van der Waals surface area contributed by atoms with E-state index in [1.807, 2.05) is 6.92 Å². The summed E-state index contributed by atoms with van der Waals surface area (Å²) in [6, 6.07) is 4.57. The first-order chi connectivity index (χ1) is 11.0. The maximum atomic E-state index is 12.4. The Bertz CT molecular complexity index is 746. The maximum absolute atomic E-state index is 12.4. The third kappa shape index (κ3) is 4.22. The summed E-state index contributed by atoms with van der Waals surface area (Å²) in [7, 11) is 0. The van der Waals surface area contributed by atoms with E-state index in [1.165, 1.54) is 23.5 Å². The molecule has 1 aromatic carbocycles. The first kappa shape index (κ1) is 17.7. The molecule has 0 atom stereocenters. The van der Waals surface area contributed by atoms with E-state index in [0.717, 1.165) is 5.01 Å². The first-order valence-electron chi connectivity index (χ1n) is 6.89. The SMILES string of the molecule is CCOC(=O)c1nc(CC)sc1NC(=O)c1ccc(Cl)cc1Cl. The van der Waals surface area contributed by atoms with Crippen molar-refractivity contribution in [3.05, 3.63) is 44.5 Å². The van der Waals surface area contributed by atoms with E-state index in [2.05, 4.69) is 10.3 Å². The van der Waals surface area contributed by atoms with Crippen molar-refractivity contribution in [3.63, 3.8) is 0 Å². The molecule has 5 nitrogen and oxygen atoms in total. The van der Waals surface area contributed by atoms with Gasteiger partial charge in [-0.2, -0.15) is 0 Å². The van der Waals surface area contributed by atoms with E-state index in [-0.39, 0.29) is 22.9 Å². The third-order valence-corrected chi connectivity index (χ3v) is 4.51. The van der Waals surface area contributed by atoms with Crippen molar-refractivity contribution in [1.82, 2.24) is 4.98 Å². The minimum Gasteiger partial charge on any atom is -0.461 e. The maximum Gasteiger partial charge on any atom is 0.360 e. The number of amides is 1. The molecule has 1 aromatic heterocycles. The van der Waals surface area contributed by atoms with E-state index >= 15 is 0 Å². The van der Waals surface area contributed by atoms with Crippen molar-refractivity contribution in [2.24, 2.45) is 0 Å². The van der Waals surface area contributed by atoms with Gasteiger partial charge in [-0.25, -0.2) is 9.78 Å². The highest BCUT2D eigenvalue weighted by atomic mass is 35.5. The number of carbonyl (C=O) groups is 2. The number of hydrogen-bond donors (Lipinski definition) is 1. The summed E-state index contributed by atoms with van der Waals surface area (Å²) in [5.74, 6) is -1.01. The minimum atomic E-state index is -0.569. The van der Waals surface area contributed by atoms with Gasteiger partial charge in [-0.3, -0.25) is 4.79 Å². The number of benzene rings is 1. The fourth-order valence-electron chi connectivity index (χ4n) is 1.78. The Morgan fingerprint density at radius 2 is 2.04 bits per heavy atom. The minimum absolute atomic E-state index is 0.104. The van der Waals surface area contributed by atoms with Gasteiger partial charge in [0.05, 0.1) is 22.2 Å². The fraction of sp³-hybridized carbons (Fsp3) is 0.267. The van der Waals surface area contributed by atoms with Gasteiger partial charge in [-0.05, 0) is 31.5 Å². The first-order valence-corrected chi connectivity index (χ1v) is 8.46. The summed E-state index contributed by atoms with van der Waals surface area (Å²) in [6.45, 7) is 3.85. The summed E-state index contributed by atoms with van der Waals surface area (Å²) in [6.07, 6.45) is 0.647. The molecule has 0 saturated heterocycles. The van der Waals surface area contributed by atoms with Crippen LogP contribution in [0.1, 0.15) is 39.7 Å². The van der Waals surface area contributed by atoms with Crippen molar-refractivity contribution in [1.29, 1.82) is 0 Å². The molecule has 0 spiro atoms. The highest BCUT2D eigenvalue weighted by Crippen LogP contribution is 2.28. The van der Waals surface area contributed by atoms with E-state index in [0.29, 0.717) is 16.4 Å². The van der Waals surface area contributed by atoms with Gasteiger partial charge in [0, 0.05) is 5.02 Å². The molecule has 1 N–H and O–H groups in total. The molecule has 1 amide bonds. The second-order valence-electron chi connectivity index (χ2n) is 4.44. The van der Waals surface area contributed by atoms with Crippen molar-refractivity contribution in [2.75, 3.05) is 11.9 Å². The van der Waals surface area contributed by atoms with Crippen LogP contribution in [0.15, 0.2) is 18.2 Å². The molecule has 122 valence electrons. The molecule has 0 aliphatic rings. The van der Waals surface area contributed by atoms with Gasteiger partial charge in [0.2, 0.25) is 0 Å². The van der Waals surface area contributed by atoms with E-state index in [4.69, 9.17) is 27.9 Å². The van der Waals surface area contributed by atoms with Gasteiger partial charge >= 0.3 is 5.97 Å². The van der Waals surface area contributed by atoms with Gasteiger partial charge in [-0.1, -0.05) is 30.1 Å². The molecular weight excluding hydrogens is 359 g/mol. The second kappa shape index (κ2) is 7.77. The lowest BCUT2D eigenvalue weighted by molar-refractivity contribution is 0.0521. The van der Waals surface area contributed by atoms with Crippen LogP contribution in [-0.4, -0.2) is 23.5 Å². The van der Waals surface area contributed by atoms with Gasteiger partial charge in [0.15, 0.2) is 5.69 Å². The number of nitrogens with zero attached hydrogens (tertiary/aromatic N) is 1. The highest BCUT2D eigenvalue weighted by Gasteiger charge is 2.21. The summed E-state index contributed by atoms with van der Waals surface area (Å²) in [4.78, 5) is 28.5. The number of thiazole rings is 1. The quantitative estimate of drug-likeness (QED) is 0.787. The lowest BCUT2D eigenvalue weighted by Crippen LogP contribution is -2.15. The van der Waals surface area contributed by atoms with Crippen LogP contribution in [0.4, 0.5) is 5.00 Å². The Balaban J connectivity index is 2.29. The molecule has 8 heteroatoms. The molecular formula is C15H14Cl2N2O3S. The largest absolute Gasteiger partial charge is 0.461 e. The summed E-state index contributed by atoms with van der Waals surface area (Å²) >= 11 is 13.1. The normalized spacial score (nSPS) is 10.4. The zero-order valence-electron chi connectivity index (χ0n) is 12.5. The Morgan fingerprint density at radius 3 is 2.65 bits per heavy atom. The molecule has 0 fully saturated rings. The fourth-order valence-corrected chi connectivity index (χ4v) is 3.16. The molecule has 23 heavy (non-hydrogen) atoms. The monoisotopic (exact) mass is 372 g/mol. The molecule has 0 bridgehead atoms. The van der Waals surface area contributed by atoms with Crippen molar-refractivity contribution < 1.29 is 14.3 Å². The summed E-state index contributed by atoms with van der Waals surface area (Å²) in [5.41, 5.74) is 0.365. The lowest BCUT2D eigenvalue weighted by Gasteiger charge is -2.06. The Labute approximate surface area is 147 Å². The number of carbonyl (C=O) groups excluding carboxylic acids is 2. The predicted octanol–water partition coefficient (Wildman–Crippen LogP) is 4.44. The van der Waals surface area contributed by atoms with Crippen LogP contribution in [0.3, 0.4) is 0 Å². The number of aryl methyl sites for hydroxylation is 1. The lowest BCUT2D eigenvalue weighted by atomic mass is 10.2. The number of aromatic nitrogens is 1. The van der Waals surface area contributed by atoms with Crippen LogP contribution < -0.4 is 5.32 Å². The number of esters is 1. The molecule has 0 unspecified atom stereocenters. The topological polar surface area (TPSA) is 68.3 Å². The third-order valence-electron chi connectivity index (χ3n) is 2.85.